The molecule has 2 aromatic rings. The number of hydrogen-bond acceptors (Lipinski definition) is 6. The van der Waals surface area contributed by atoms with Gasteiger partial charge in [-0.05, 0) is 30.7 Å². The van der Waals surface area contributed by atoms with Gasteiger partial charge in [-0.3, -0.25) is 4.90 Å². The van der Waals surface area contributed by atoms with Crippen molar-refractivity contribution in [1.82, 2.24) is 4.90 Å². The zero-order valence-electron chi connectivity index (χ0n) is 15.5. The molecule has 0 radical (unpaired) electrons. The standard InChI is InChI=1S/C21H29NO5/c23-13-7-12-22(14-18(24)16-26-20-8-3-1-4-9-20)15-19(25)17-27-21-10-5-2-6-11-21/h1-6,8-11,18-19,23-25H,7,12-17H2/t18-,19+. The fourth-order valence-electron chi connectivity index (χ4n) is 2.67. The monoisotopic (exact) mass is 375 g/mol. The molecule has 0 aliphatic heterocycles. The third-order valence-corrected chi connectivity index (χ3v) is 3.94. The highest BCUT2D eigenvalue weighted by atomic mass is 16.5. The van der Waals surface area contributed by atoms with Crippen molar-refractivity contribution in [2.45, 2.75) is 18.6 Å². The minimum Gasteiger partial charge on any atom is -0.491 e. The Hall–Kier alpha value is -2.12. The summed E-state index contributed by atoms with van der Waals surface area (Å²) >= 11 is 0. The van der Waals surface area contributed by atoms with Crippen molar-refractivity contribution in [2.75, 3.05) is 39.5 Å². The molecule has 6 nitrogen and oxygen atoms in total. The third-order valence-electron chi connectivity index (χ3n) is 3.94. The molecule has 0 unspecified atom stereocenters. The Kier molecular flexibility index (Phi) is 9.65. The Bertz CT molecular complexity index is 559. The molecule has 0 aliphatic carbocycles. The van der Waals surface area contributed by atoms with E-state index in [9.17, 15) is 10.2 Å². The molecule has 2 atom stereocenters. The van der Waals surface area contributed by atoms with E-state index in [1.807, 2.05) is 65.6 Å². The minimum atomic E-state index is -0.703. The Morgan fingerprint density at radius 1 is 0.741 bits per heavy atom. The van der Waals surface area contributed by atoms with E-state index in [-0.39, 0.29) is 19.8 Å². The molecule has 27 heavy (non-hydrogen) atoms. The molecule has 0 spiro atoms. The Morgan fingerprint density at radius 2 is 1.19 bits per heavy atom. The van der Waals surface area contributed by atoms with Crippen LogP contribution >= 0.6 is 0 Å². The highest BCUT2D eigenvalue weighted by Gasteiger charge is 2.16. The molecule has 0 heterocycles. The highest BCUT2D eigenvalue weighted by Crippen LogP contribution is 2.10. The fourth-order valence-corrected chi connectivity index (χ4v) is 2.67. The number of nitrogens with zero attached hydrogens (tertiary/aromatic N) is 1. The van der Waals surface area contributed by atoms with Crippen LogP contribution in [0.2, 0.25) is 0 Å². The molecule has 2 rings (SSSR count). The van der Waals surface area contributed by atoms with E-state index in [0.29, 0.717) is 37.6 Å². The second kappa shape index (κ2) is 12.3. The van der Waals surface area contributed by atoms with Gasteiger partial charge in [0.2, 0.25) is 0 Å². The second-order valence-corrected chi connectivity index (χ2v) is 6.39. The van der Waals surface area contributed by atoms with Crippen LogP contribution in [0.1, 0.15) is 6.42 Å². The van der Waals surface area contributed by atoms with Crippen LogP contribution in [0.15, 0.2) is 60.7 Å². The van der Waals surface area contributed by atoms with Gasteiger partial charge in [-0.15, -0.1) is 0 Å². The summed E-state index contributed by atoms with van der Waals surface area (Å²) < 4.78 is 11.1. The SMILES string of the molecule is OCCCN(C[C@H](O)COc1ccccc1)C[C@@H](O)COc1ccccc1. The molecule has 0 amide bonds. The molecule has 0 saturated carbocycles. The number of benzene rings is 2. The molecule has 0 aliphatic rings. The van der Waals surface area contributed by atoms with E-state index in [0.717, 1.165) is 0 Å². The molecule has 148 valence electrons. The zero-order chi connectivity index (χ0) is 19.3. The first-order valence-corrected chi connectivity index (χ1v) is 9.22. The number of ether oxygens (including phenoxy) is 2. The van der Waals surface area contributed by atoms with Gasteiger partial charge in [0, 0.05) is 26.2 Å². The topological polar surface area (TPSA) is 82.4 Å². The van der Waals surface area contributed by atoms with Crippen molar-refractivity contribution in [3.63, 3.8) is 0 Å². The van der Waals surface area contributed by atoms with Crippen molar-refractivity contribution >= 4 is 0 Å². The maximum Gasteiger partial charge on any atom is 0.119 e. The summed E-state index contributed by atoms with van der Waals surface area (Å²) in [6.07, 6.45) is -0.837. The lowest BCUT2D eigenvalue weighted by Crippen LogP contribution is -2.42. The van der Waals surface area contributed by atoms with E-state index in [2.05, 4.69) is 0 Å². The lowest BCUT2D eigenvalue weighted by atomic mass is 10.2. The number of hydrogen-bond donors (Lipinski definition) is 3. The van der Waals surface area contributed by atoms with Crippen LogP contribution < -0.4 is 9.47 Å². The van der Waals surface area contributed by atoms with Gasteiger partial charge in [0.1, 0.15) is 36.9 Å². The van der Waals surface area contributed by atoms with Gasteiger partial charge in [-0.2, -0.15) is 0 Å². The smallest absolute Gasteiger partial charge is 0.119 e. The van der Waals surface area contributed by atoms with Crippen molar-refractivity contribution < 1.29 is 24.8 Å². The Balaban J connectivity index is 1.76. The van der Waals surface area contributed by atoms with Gasteiger partial charge in [0.05, 0.1) is 0 Å². The van der Waals surface area contributed by atoms with Crippen LogP contribution in [0.4, 0.5) is 0 Å². The van der Waals surface area contributed by atoms with Gasteiger partial charge < -0.3 is 24.8 Å². The van der Waals surface area contributed by atoms with Gasteiger partial charge in [0.25, 0.3) is 0 Å². The normalized spacial score (nSPS) is 13.3. The lowest BCUT2D eigenvalue weighted by molar-refractivity contribution is 0.0293. The summed E-state index contributed by atoms with van der Waals surface area (Å²) in [7, 11) is 0. The van der Waals surface area contributed by atoms with Gasteiger partial charge in [-0.1, -0.05) is 36.4 Å². The van der Waals surface area contributed by atoms with Crippen molar-refractivity contribution in [3.8, 4) is 11.5 Å². The van der Waals surface area contributed by atoms with E-state index in [1.54, 1.807) is 0 Å². The van der Waals surface area contributed by atoms with Gasteiger partial charge in [0.15, 0.2) is 0 Å². The average Bonchev–Trinajstić information content (AvgIpc) is 2.70. The van der Waals surface area contributed by atoms with Gasteiger partial charge >= 0.3 is 0 Å². The maximum atomic E-state index is 10.3. The van der Waals surface area contributed by atoms with Crippen molar-refractivity contribution in [2.24, 2.45) is 0 Å². The first-order valence-electron chi connectivity index (χ1n) is 9.22. The van der Waals surface area contributed by atoms with E-state index < -0.39 is 12.2 Å². The average molecular weight is 375 g/mol. The molecule has 3 N–H and O–H groups in total. The van der Waals surface area contributed by atoms with Crippen molar-refractivity contribution in [1.29, 1.82) is 0 Å². The molecule has 6 heteroatoms. The lowest BCUT2D eigenvalue weighted by Gasteiger charge is -2.27. The van der Waals surface area contributed by atoms with Crippen LogP contribution in [0.5, 0.6) is 11.5 Å². The predicted molar refractivity (Wildman–Crippen MR) is 104 cm³/mol. The summed E-state index contributed by atoms with van der Waals surface area (Å²) in [6.45, 7) is 1.64. The van der Waals surface area contributed by atoms with E-state index in [1.165, 1.54) is 0 Å². The van der Waals surface area contributed by atoms with Crippen LogP contribution in [-0.4, -0.2) is 71.9 Å². The Morgan fingerprint density at radius 3 is 1.59 bits per heavy atom. The second-order valence-electron chi connectivity index (χ2n) is 6.39. The van der Waals surface area contributed by atoms with Crippen LogP contribution in [0, 0.1) is 0 Å². The van der Waals surface area contributed by atoms with Crippen LogP contribution in [0.3, 0.4) is 0 Å². The summed E-state index contributed by atoms with van der Waals surface area (Å²) in [5.74, 6) is 1.41. The summed E-state index contributed by atoms with van der Waals surface area (Å²) in [4.78, 5) is 1.91. The number of aliphatic hydroxyl groups excluding tert-OH is 3. The van der Waals surface area contributed by atoms with Crippen LogP contribution in [0.25, 0.3) is 0 Å². The maximum absolute atomic E-state index is 10.3. The number of rotatable bonds is 13. The van der Waals surface area contributed by atoms with E-state index in [4.69, 9.17) is 14.6 Å². The van der Waals surface area contributed by atoms with E-state index >= 15 is 0 Å². The number of aliphatic hydroxyl groups is 3. The number of para-hydroxylation sites is 2. The van der Waals surface area contributed by atoms with Crippen LogP contribution in [-0.2, 0) is 0 Å². The molecule has 0 bridgehead atoms. The molecular formula is C21H29NO5. The molecule has 2 aromatic carbocycles. The molecule has 0 aromatic heterocycles. The quantitative estimate of drug-likeness (QED) is 0.493. The predicted octanol–water partition coefficient (Wildman–Crippen LogP) is 1.55. The molecular weight excluding hydrogens is 346 g/mol. The fraction of sp³-hybridized carbons (Fsp3) is 0.429. The third kappa shape index (κ3) is 8.88. The van der Waals surface area contributed by atoms with Crippen molar-refractivity contribution in [3.05, 3.63) is 60.7 Å². The molecule has 0 fully saturated rings. The zero-order valence-corrected chi connectivity index (χ0v) is 15.5. The largest absolute Gasteiger partial charge is 0.491 e. The summed E-state index contributed by atoms with van der Waals surface area (Å²) in [5.41, 5.74) is 0. The van der Waals surface area contributed by atoms with Gasteiger partial charge in [-0.25, -0.2) is 0 Å². The first-order chi connectivity index (χ1) is 13.2. The first kappa shape index (κ1) is 21.2. The molecule has 0 saturated heterocycles. The highest BCUT2D eigenvalue weighted by molar-refractivity contribution is 5.21. The Labute approximate surface area is 160 Å². The minimum absolute atomic E-state index is 0.0592. The summed E-state index contributed by atoms with van der Waals surface area (Å²) in [6, 6.07) is 18.6. The summed E-state index contributed by atoms with van der Waals surface area (Å²) in [5, 5.41) is 29.6.